The summed E-state index contributed by atoms with van der Waals surface area (Å²) in [6, 6.07) is 24.5. The summed E-state index contributed by atoms with van der Waals surface area (Å²) in [5.74, 6) is 0.609. The van der Waals surface area contributed by atoms with Gasteiger partial charge in [-0.15, -0.1) is 5.10 Å². The van der Waals surface area contributed by atoms with Crippen LogP contribution in [0.2, 0.25) is 5.02 Å². The van der Waals surface area contributed by atoms with E-state index in [9.17, 15) is 4.79 Å². The van der Waals surface area contributed by atoms with Crippen molar-refractivity contribution in [2.24, 2.45) is 0 Å². The predicted molar refractivity (Wildman–Crippen MR) is 150 cm³/mol. The molecule has 5 rings (SSSR count). The molecule has 0 spiro atoms. The van der Waals surface area contributed by atoms with Gasteiger partial charge in [-0.2, -0.15) is 0 Å². The van der Waals surface area contributed by atoms with Gasteiger partial charge in [0, 0.05) is 40.9 Å². The van der Waals surface area contributed by atoms with Crippen LogP contribution < -0.4 is 10.1 Å². The number of hydrogen-bond donors (Lipinski definition) is 1. The highest BCUT2D eigenvalue weighted by atomic mass is 35.5. The minimum atomic E-state index is -0.0562. The van der Waals surface area contributed by atoms with Crippen molar-refractivity contribution < 1.29 is 9.53 Å². The SMILES string of the molecule is O=C(/C=C/c1ccccc1)c1ccc(OCc2cn(CCCNc3ccnc4cc(Cl)ccc34)nn2)cc1. The lowest BCUT2D eigenvalue weighted by atomic mass is 10.1. The molecule has 0 aliphatic rings. The fourth-order valence-corrected chi connectivity index (χ4v) is 4.12. The van der Waals surface area contributed by atoms with Crippen LogP contribution in [0.4, 0.5) is 5.69 Å². The maximum atomic E-state index is 12.4. The number of aromatic nitrogens is 4. The number of halogens is 1. The first-order valence-electron chi connectivity index (χ1n) is 12.3. The summed E-state index contributed by atoms with van der Waals surface area (Å²) in [4.78, 5) is 16.8. The number of nitrogens with zero attached hydrogens (tertiary/aromatic N) is 4. The van der Waals surface area contributed by atoms with E-state index in [4.69, 9.17) is 16.3 Å². The van der Waals surface area contributed by atoms with Crippen LogP contribution in [0.15, 0.2) is 97.3 Å². The van der Waals surface area contributed by atoms with Crippen LogP contribution in [-0.2, 0) is 13.2 Å². The van der Waals surface area contributed by atoms with E-state index in [1.165, 1.54) is 0 Å². The number of ether oxygens (including phenoxy) is 1. The van der Waals surface area contributed by atoms with Crippen LogP contribution in [0, 0.1) is 0 Å². The number of rotatable bonds is 11. The Morgan fingerprint density at radius 3 is 2.71 bits per heavy atom. The van der Waals surface area contributed by atoms with E-state index in [1.54, 1.807) is 36.5 Å². The average molecular weight is 524 g/mol. The highest BCUT2D eigenvalue weighted by molar-refractivity contribution is 6.31. The highest BCUT2D eigenvalue weighted by Crippen LogP contribution is 2.24. The minimum Gasteiger partial charge on any atom is -0.487 e. The number of hydrogen-bond acceptors (Lipinski definition) is 6. The Kier molecular flexibility index (Phi) is 8.06. The molecular weight excluding hydrogens is 498 g/mol. The Bertz CT molecular complexity index is 1550. The maximum Gasteiger partial charge on any atom is 0.185 e. The van der Waals surface area contributed by atoms with Gasteiger partial charge in [-0.05, 0) is 66.6 Å². The molecule has 3 aromatic carbocycles. The fraction of sp³-hybridized carbons (Fsp3) is 0.133. The third-order valence-corrected chi connectivity index (χ3v) is 6.16. The standard InChI is InChI=1S/C30H26ClN5O2/c31-24-10-13-27-28(15-17-33-29(27)19-24)32-16-4-18-36-20-25(34-35-36)21-38-26-11-8-23(9-12-26)30(37)14-7-22-5-2-1-3-6-22/h1-3,5-15,17,19-20H,4,16,18,21H2,(H,32,33)/b14-7+. The van der Waals surface area contributed by atoms with Crippen LogP contribution in [-0.4, -0.2) is 32.3 Å². The third-order valence-electron chi connectivity index (χ3n) is 5.92. The van der Waals surface area contributed by atoms with Gasteiger partial charge in [-0.1, -0.05) is 53.2 Å². The van der Waals surface area contributed by atoms with E-state index in [1.807, 2.05) is 71.6 Å². The smallest absolute Gasteiger partial charge is 0.185 e. The van der Waals surface area contributed by atoms with E-state index < -0.39 is 0 Å². The van der Waals surface area contributed by atoms with Gasteiger partial charge in [-0.3, -0.25) is 14.5 Å². The summed E-state index contributed by atoms with van der Waals surface area (Å²) in [6.45, 7) is 1.80. The number of allylic oxidation sites excluding steroid dienone is 1. The van der Waals surface area contributed by atoms with Crippen molar-refractivity contribution in [2.45, 2.75) is 19.6 Å². The molecule has 5 aromatic rings. The zero-order valence-corrected chi connectivity index (χ0v) is 21.4. The molecule has 8 heteroatoms. The van der Waals surface area contributed by atoms with Gasteiger partial charge in [0.05, 0.1) is 11.7 Å². The molecule has 7 nitrogen and oxygen atoms in total. The second-order valence-electron chi connectivity index (χ2n) is 8.69. The molecule has 38 heavy (non-hydrogen) atoms. The topological polar surface area (TPSA) is 81.9 Å². The number of pyridine rings is 1. The van der Waals surface area contributed by atoms with Gasteiger partial charge >= 0.3 is 0 Å². The Balaban J connectivity index is 1.07. The first-order chi connectivity index (χ1) is 18.6. The van der Waals surface area contributed by atoms with Crippen molar-refractivity contribution >= 4 is 40.1 Å². The van der Waals surface area contributed by atoms with E-state index in [-0.39, 0.29) is 5.78 Å². The summed E-state index contributed by atoms with van der Waals surface area (Å²) in [7, 11) is 0. The van der Waals surface area contributed by atoms with Gasteiger partial charge in [0.1, 0.15) is 18.1 Å². The normalized spacial score (nSPS) is 11.2. The van der Waals surface area contributed by atoms with E-state index in [0.29, 0.717) is 22.9 Å². The maximum absolute atomic E-state index is 12.4. The van der Waals surface area contributed by atoms with Crippen molar-refractivity contribution in [3.63, 3.8) is 0 Å². The molecule has 0 radical (unpaired) electrons. The number of ketones is 1. The van der Waals surface area contributed by atoms with Crippen LogP contribution in [0.3, 0.4) is 0 Å². The molecule has 0 fully saturated rings. The predicted octanol–water partition coefficient (Wildman–Crippen LogP) is 6.46. The van der Waals surface area contributed by atoms with Gasteiger partial charge in [-0.25, -0.2) is 0 Å². The second-order valence-corrected chi connectivity index (χ2v) is 9.13. The van der Waals surface area contributed by atoms with Crippen LogP contribution in [0.5, 0.6) is 5.75 Å². The number of carbonyl (C=O) groups is 1. The number of fused-ring (bicyclic) bond motifs is 1. The monoisotopic (exact) mass is 523 g/mol. The third kappa shape index (κ3) is 6.63. The molecule has 0 unspecified atom stereocenters. The Labute approximate surface area is 225 Å². The van der Waals surface area contributed by atoms with Crippen LogP contribution >= 0.6 is 11.6 Å². The van der Waals surface area contributed by atoms with Crippen molar-refractivity contribution in [1.29, 1.82) is 0 Å². The lowest BCUT2D eigenvalue weighted by Crippen LogP contribution is -2.07. The molecule has 0 saturated heterocycles. The van der Waals surface area contributed by atoms with E-state index in [0.717, 1.165) is 47.4 Å². The average Bonchev–Trinajstić information content (AvgIpc) is 3.41. The fourth-order valence-electron chi connectivity index (χ4n) is 3.96. The largest absolute Gasteiger partial charge is 0.487 e. The Morgan fingerprint density at radius 2 is 1.87 bits per heavy atom. The molecule has 2 heterocycles. The molecule has 0 saturated carbocycles. The van der Waals surface area contributed by atoms with Crippen LogP contribution in [0.1, 0.15) is 28.0 Å². The summed E-state index contributed by atoms with van der Waals surface area (Å²) in [6.07, 6.45) is 7.92. The Morgan fingerprint density at radius 1 is 1.03 bits per heavy atom. The lowest BCUT2D eigenvalue weighted by molar-refractivity contribution is 0.104. The van der Waals surface area contributed by atoms with Gasteiger partial charge in [0.15, 0.2) is 5.78 Å². The van der Waals surface area contributed by atoms with Crippen molar-refractivity contribution in [2.75, 3.05) is 11.9 Å². The molecule has 1 N–H and O–H groups in total. The van der Waals surface area contributed by atoms with Crippen molar-refractivity contribution in [3.05, 3.63) is 119 Å². The molecule has 0 aliphatic heterocycles. The van der Waals surface area contributed by atoms with Crippen LogP contribution in [0.25, 0.3) is 17.0 Å². The number of anilines is 1. The first kappa shape index (κ1) is 25.2. The number of benzene rings is 3. The number of aryl methyl sites for hydroxylation is 1. The van der Waals surface area contributed by atoms with Gasteiger partial charge in [0.2, 0.25) is 0 Å². The summed E-state index contributed by atoms with van der Waals surface area (Å²) < 4.78 is 7.64. The first-order valence-corrected chi connectivity index (χ1v) is 12.7. The van der Waals surface area contributed by atoms with E-state index >= 15 is 0 Å². The van der Waals surface area contributed by atoms with Gasteiger partial charge in [0.25, 0.3) is 0 Å². The van der Waals surface area contributed by atoms with Crippen molar-refractivity contribution in [3.8, 4) is 5.75 Å². The zero-order valence-electron chi connectivity index (χ0n) is 20.6. The van der Waals surface area contributed by atoms with Crippen molar-refractivity contribution in [1.82, 2.24) is 20.0 Å². The minimum absolute atomic E-state index is 0.0562. The molecule has 0 aliphatic carbocycles. The number of nitrogens with one attached hydrogen (secondary N) is 1. The molecule has 190 valence electrons. The summed E-state index contributed by atoms with van der Waals surface area (Å²) in [5.41, 5.74) is 4.22. The molecule has 0 bridgehead atoms. The lowest BCUT2D eigenvalue weighted by Gasteiger charge is -2.09. The highest BCUT2D eigenvalue weighted by Gasteiger charge is 2.06. The van der Waals surface area contributed by atoms with Gasteiger partial charge < -0.3 is 10.1 Å². The molecular formula is C30H26ClN5O2. The quantitative estimate of drug-likeness (QED) is 0.122. The molecule has 2 aromatic heterocycles. The van der Waals surface area contributed by atoms with E-state index in [2.05, 4.69) is 20.6 Å². The molecule has 0 atom stereocenters. The second kappa shape index (κ2) is 12.2. The number of carbonyl (C=O) groups excluding carboxylic acids is 1. The summed E-state index contributed by atoms with van der Waals surface area (Å²) in [5, 5.41) is 13.6. The summed E-state index contributed by atoms with van der Waals surface area (Å²) >= 11 is 6.07. The molecule has 0 amide bonds. The zero-order chi connectivity index (χ0) is 26.2. The Hall–Kier alpha value is -4.49.